The molecule has 0 fully saturated rings. The summed E-state index contributed by atoms with van der Waals surface area (Å²) in [7, 11) is 0. The summed E-state index contributed by atoms with van der Waals surface area (Å²) in [6.07, 6.45) is 0. The van der Waals surface area contributed by atoms with Gasteiger partial charge in [0.25, 0.3) is 5.91 Å². The first-order chi connectivity index (χ1) is 10.4. The number of carbonyl (C=O) groups is 2. The van der Waals surface area contributed by atoms with E-state index in [-0.39, 0.29) is 11.5 Å². The number of halogens is 3. The number of anilines is 2. The van der Waals surface area contributed by atoms with Crippen LogP contribution in [-0.2, 0) is 4.79 Å². The predicted octanol–water partition coefficient (Wildman–Crippen LogP) is 3.31. The van der Waals surface area contributed by atoms with Crippen LogP contribution in [0.5, 0.6) is 0 Å². The Morgan fingerprint density at radius 3 is 2.36 bits per heavy atom. The van der Waals surface area contributed by atoms with E-state index in [1.165, 1.54) is 25.1 Å². The van der Waals surface area contributed by atoms with Gasteiger partial charge in [-0.1, -0.05) is 6.07 Å². The van der Waals surface area contributed by atoms with Gasteiger partial charge < -0.3 is 10.6 Å². The Hall–Kier alpha value is -2.83. The maximum Gasteiger partial charge on any atom is 0.255 e. The third-order valence-electron chi connectivity index (χ3n) is 2.73. The average Bonchev–Trinajstić information content (AvgIpc) is 2.47. The molecule has 0 spiro atoms. The summed E-state index contributed by atoms with van der Waals surface area (Å²) < 4.78 is 39.4. The second-order valence-corrected chi connectivity index (χ2v) is 4.44. The first-order valence-electron chi connectivity index (χ1n) is 6.21. The highest BCUT2D eigenvalue weighted by molar-refractivity contribution is 6.05. The van der Waals surface area contributed by atoms with E-state index in [0.717, 1.165) is 6.07 Å². The van der Waals surface area contributed by atoms with Crippen LogP contribution in [0.1, 0.15) is 17.3 Å². The Kier molecular flexibility index (Phi) is 4.45. The van der Waals surface area contributed by atoms with Crippen molar-refractivity contribution in [1.29, 1.82) is 0 Å². The number of amides is 2. The lowest BCUT2D eigenvalue weighted by Crippen LogP contribution is -2.14. The quantitative estimate of drug-likeness (QED) is 0.855. The van der Waals surface area contributed by atoms with Crippen molar-refractivity contribution in [2.45, 2.75) is 6.92 Å². The Labute approximate surface area is 124 Å². The molecule has 0 atom stereocenters. The Morgan fingerprint density at radius 1 is 0.955 bits per heavy atom. The van der Waals surface area contributed by atoms with Crippen molar-refractivity contribution in [2.75, 3.05) is 10.6 Å². The fourth-order valence-corrected chi connectivity index (χ4v) is 1.76. The van der Waals surface area contributed by atoms with E-state index in [1.807, 2.05) is 0 Å². The highest BCUT2D eigenvalue weighted by atomic mass is 19.2. The van der Waals surface area contributed by atoms with Gasteiger partial charge in [-0.3, -0.25) is 9.59 Å². The van der Waals surface area contributed by atoms with Crippen LogP contribution in [0.3, 0.4) is 0 Å². The summed E-state index contributed by atoms with van der Waals surface area (Å²) in [4.78, 5) is 23.0. The van der Waals surface area contributed by atoms with Gasteiger partial charge in [-0.15, -0.1) is 0 Å². The standard InChI is InChI=1S/C15H11F3N2O2/c1-8(21)19-10-4-2-3-9(7-10)15(22)20-12-6-5-11(16)13(17)14(12)18/h2-7H,1H3,(H,19,21)(H,20,22). The maximum absolute atomic E-state index is 13.5. The van der Waals surface area contributed by atoms with Crippen LogP contribution in [0, 0.1) is 17.5 Å². The van der Waals surface area contributed by atoms with Crippen LogP contribution < -0.4 is 10.6 Å². The molecule has 2 N–H and O–H groups in total. The zero-order valence-corrected chi connectivity index (χ0v) is 11.4. The molecule has 0 saturated heterocycles. The van der Waals surface area contributed by atoms with Gasteiger partial charge in [0.15, 0.2) is 17.5 Å². The SMILES string of the molecule is CC(=O)Nc1cccc(C(=O)Nc2ccc(F)c(F)c2F)c1. The lowest BCUT2D eigenvalue weighted by Gasteiger charge is -2.09. The molecule has 2 amide bonds. The smallest absolute Gasteiger partial charge is 0.255 e. The molecule has 0 aliphatic heterocycles. The zero-order chi connectivity index (χ0) is 16.3. The number of hydrogen-bond donors (Lipinski definition) is 2. The lowest BCUT2D eigenvalue weighted by molar-refractivity contribution is -0.114. The summed E-state index contributed by atoms with van der Waals surface area (Å²) in [6.45, 7) is 1.31. The van der Waals surface area contributed by atoms with Crippen molar-refractivity contribution in [2.24, 2.45) is 0 Å². The van der Waals surface area contributed by atoms with E-state index in [9.17, 15) is 22.8 Å². The van der Waals surface area contributed by atoms with Crippen molar-refractivity contribution >= 4 is 23.2 Å². The molecule has 2 rings (SSSR count). The maximum atomic E-state index is 13.5. The molecule has 0 saturated carbocycles. The van der Waals surface area contributed by atoms with Crippen LogP contribution in [-0.4, -0.2) is 11.8 Å². The molecule has 22 heavy (non-hydrogen) atoms. The third kappa shape index (κ3) is 3.43. The van der Waals surface area contributed by atoms with Gasteiger partial charge in [-0.2, -0.15) is 0 Å². The molecule has 2 aromatic carbocycles. The molecular formula is C15H11F3N2O2. The van der Waals surface area contributed by atoms with Crippen LogP contribution in [0.2, 0.25) is 0 Å². The van der Waals surface area contributed by atoms with E-state index in [1.54, 1.807) is 6.07 Å². The zero-order valence-electron chi connectivity index (χ0n) is 11.4. The topological polar surface area (TPSA) is 58.2 Å². The minimum atomic E-state index is -1.66. The van der Waals surface area contributed by atoms with E-state index < -0.39 is 29.0 Å². The molecule has 0 aliphatic carbocycles. The molecular weight excluding hydrogens is 297 g/mol. The highest BCUT2D eigenvalue weighted by Gasteiger charge is 2.16. The molecule has 7 heteroatoms. The lowest BCUT2D eigenvalue weighted by atomic mass is 10.1. The first-order valence-corrected chi connectivity index (χ1v) is 6.21. The molecule has 0 aromatic heterocycles. The summed E-state index contributed by atoms with van der Waals surface area (Å²) in [5.74, 6) is -5.53. The summed E-state index contributed by atoms with van der Waals surface area (Å²) in [5.41, 5.74) is 0.0233. The summed E-state index contributed by atoms with van der Waals surface area (Å²) in [5, 5.41) is 4.63. The minimum absolute atomic E-state index is 0.121. The normalized spacial score (nSPS) is 10.2. The summed E-state index contributed by atoms with van der Waals surface area (Å²) in [6, 6.07) is 7.51. The van der Waals surface area contributed by atoms with Gasteiger partial charge in [-0.05, 0) is 30.3 Å². The van der Waals surface area contributed by atoms with Crippen molar-refractivity contribution in [3.63, 3.8) is 0 Å². The molecule has 0 radical (unpaired) electrons. The van der Waals surface area contributed by atoms with Gasteiger partial charge in [0.2, 0.25) is 5.91 Å². The van der Waals surface area contributed by atoms with Crippen LogP contribution in [0.15, 0.2) is 36.4 Å². The van der Waals surface area contributed by atoms with Gasteiger partial charge in [0.05, 0.1) is 5.69 Å². The van der Waals surface area contributed by atoms with Gasteiger partial charge >= 0.3 is 0 Å². The van der Waals surface area contributed by atoms with Crippen molar-refractivity contribution < 1.29 is 22.8 Å². The second-order valence-electron chi connectivity index (χ2n) is 4.44. The van der Waals surface area contributed by atoms with Gasteiger partial charge in [-0.25, -0.2) is 13.2 Å². The van der Waals surface area contributed by atoms with Crippen molar-refractivity contribution in [1.82, 2.24) is 0 Å². The van der Waals surface area contributed by atoms with Crippen LogP contribution >= 0.6 is 0 Å². The largest absolute Gasteiger partial charge is 0.326 e. The van der Waals surface area contributed by atoms with Gasteiger partial charge in [0, 0.05) is 18.2 Å². The molecule has 0 aliphatic rings. The Bertz CT molecular complexity index is 748. The monoisotopic (exact) mass is 308 g/mol. The van der Waals surface area contributed by atoms with Gasteiger partial charge in [0.1, 0.15) is 0 Å². The number of nitrogens with one attached hydrogen (secondary N) is 2. The number of benzene rings is 2. The second kappa shape index (κ2) is 6.30. The van der Waals surface area contributed by atoms with E-state index in [4.69, 9.17) is 0 Å². The third-order valence-corrected chi connectivity index (χ3v) is 2.73. The predicted molar refractivity (Wildman–Crippen MR) is 75.0 cm³/mol. The molecule has 2 aromatic rings. The number of carbonyl (C=O) groups excluding carboxylic acids is 2. The Balaban J connectivity index is 2.23. The highest BCUT2D eigenvalue weighted by Crippen LogP contribution is 2.20. The minimum Gasteiger partial charge on any atom is -0.326 e. The van der Waals surface area contributed by atoms with Crippen LogP contribution in [0.25, 0.3) is 0 Å². The van der Waals surface area contributed by atoms with Crippen molar-refractivity contribution in [3.05, 3.63) is 59.4 Å². The average molecular weight is 308 g/mol. The molecule has 0 heterocycles. The summed E-state index contributed by atoms with van der Waals surface area (Å²) >= 11 is 0. The fraction of sp³-hybridized carbons (Fsp3) is 0.0667. The molecule has 114 valence electrons. The molecule has 0 unspecified atom stereocenters. The van der Waals surface area contributed by atoms with Crippen LogP contribution in [0.4, 0.5) is 24.5 Å². The van der Waals surface area contributed by atoms with E-state index in [0.29, 0.717) is 11.8 Å². The van der Waals surface area contributed by atoms with E-state index >= 15 is 0 Å². The molecule has 0 bridgehead atoms. The molecule has 4 nitrogen and oxygen atoms in total. The Morgan fingerprint density at radius 2 is 1.68 bits per heavy atom. The van der Waals surface area contributed by atoms with Crippen molar-refractivity contribution in [3.8, 4) is 0 Å². The van der Waals surface area contributed by atoms with E-state index in [2.05, 4.69) is 10.6 Å². The number of rotatable bonds is 3. The fourth-order valence-electron chi connectivity index (χ4n) is 1.76. The first kappa shape index (κ1) is 15.6. The number of hydrogen-bond acceptors (Lipinski definition) is 2.